The molecule has 1 heterocycles. The van der Waals surface area contributed by atoms with Crippen LogP contribution in [0.1, 0.15) is 0 Å². The second-order valence-electron chi connectivity index (χ2n) is 8.92. The first-order valence-electron chi connectivity index (χ1n) is 12.1. The Morgan fingerprint density at radius 2 is 1.27 bits per heavy atom. The molecule has 0 saturated heterocycles. The van der Waals surface area contributed by atoms with Crippen LogP contribution in [0.15, 0.2) is 121 Å². The Morgan fingerprint density at radius 1 is 0.595 bits per heavy atom. The zero-order valence-corrected chi connectivity index (χ0v) is 19.9. The van der Waals surface area contributed by atoms with Crippen molar-refractivity contribution in [2.24, 2.45) is 0 Å². The topological polar surface area (TPSA) is 74.9 Å². The highest BCUT2D eigenvalue weighted by Gasteiger charge is 2.23. The smallest absolute Gasteiger partial charge is 0.532 e. The first-order valence-corrected chi connectivity index (χ1v) is 12.1. The van der Waals surface area contributed by atoms with Gasteiger partial charge in [-0.3, -0.25) is 0 Å². The predicted molar refractivity (Wildman–Crippen MR) is 151 cm³/mol. The minimum Gasteiger partial charge on any atom is -0.532 e. The number of benzene rings is 5. The zero-order valence-electron chi connectivity index (χ0n) is 19.9. The molecular formula is C30H23B2NO4. The monoisotopic (exact) mass is 483 g/mol. The summed E-state index contributed by atoms with van der Waals surface area (Å²) in [5, 5.41) is 32.2. The van der Waals surface area contributed by atoms with Gasteiger partial charge in [-0.1, -0.05) is 84.9 Å². The van der Waals surface area contributed by atoms with E-state index in [1.807, 2.05) is 115 Å². The zero-order chi connectivity index (χ0) is 25.4. The van der Waals surface area contributed by atoms with Crippen molar-refractivity contribution >= 4 is 47.0 Å². The molecule has 0 atom stereocenters. The Balaban J connectivity index is 1.34. The van der Waals surface area contributed by atoms with Crippen molar-refractivity contribution in [2.75, 3.05) is 0 Å². The quantitative estimate of drug-likeness (QED) is 0.315. The lowest BCUT2D eigenvalue weighted by Crippen LogP contribution is -2.37. The molecule has 0 spiro atoms. The fourth-order valence-electron chi connectivity index (χ4n) is 4.89. The molecule has 37 heavy (non-hydrogen) atoms. The van der Waals surface area contributed by atoms with Crippen molar-refractivity contribution in [3.63, 3.8) is 0 Å². The molecular weight excluding hydrogens is 460 g/mol. The number of fused-ring (bicyclic) bond motifs is 3. The highest BCUT2D eigenvalue weighted by Crippen LogP contribution is 2.32. The molecule has 7 heteroatoms. The summed E-state index contributed by atoms with van der Waals surface area (Å²) in [5.41, 5.74) is 5.97. The fraction of sp³-hybridized carbons (Fsp3) is 0. The Bertz CT molecular complexity index is 1700. The fourth-order valence-corrected chi connectivity index (χ4v) is 4.89. The van der Waals surface area contributed by atoms with Crippen LogP contribution in [0.4, 0.5) is 0 Å². The maximum Gasteiger partial charge on any atom is 0.560 e. The molecule has 0 bridgehead atoms. The number of para-hydroxylation sites is 1. The van der Waals surface area contributed by atoms with Crippen LogP contribution in [0.3, 0.4) is 0 Å². The molecule has 6 aromatic rings. The summed E-state index contributed by atoms with van der Waals surface area (Å²) < 4.78 is 8.07. The molecule has 1 aromatic heterocycles. The number of hydrogen-bond acceptors (Lipinski definition) is 4. The van der Waals surface area contributed by atoms with Crippen LogP contribution in [0, 0.1) is 0 Å². The van der Waals surface area contributed by atoms with Crippen molar-refractivity contribution < 1.29 is 19.7 Å². The SMILES string of the molecule is OB(O)c1ccc2c(c1)c1ccccc1n2-c1ccc(OB(O)c2ccccc2-c2ccccc2)cc1. The summed E-state index contributed by atoms with van der Waals surface area (Å²) in [6.07, 6.45) is 0. The first kappa shape index (κ1) is 23.1. The van der Waals surface area contributed by atoms with Gasteiger partial charge >= 0.3 is 14.2 Å². The maximum atomic E-state index is 11.0. The van der Waals surface area contributed by atoms with Gasteiger partial charge in [0.05, 0.1) is 11.0 Å². The average molecular weight is 483 g/mol. The molecule has 3 N–H and O–H groups in total. The van der Waals surface area contributed by atoms with E-state index in [0.717, 1.165) is 38.6 Å². The standard InChI is InChI=1S/C30H23B2NO4/c34-31(35)22-14-19-30-27(20-22)26-11-5-7-13-29(26)33(30)23-15-17-24(18-16-23)37-32(36)28-12-6-4-10-25(28)21-8-2-1-3-9-21/h1-20,34-36H. The van der Waals surface area contributed by atoms with Crippen LogP contribution >= 0.6 is 0 Å². The largest absolute Gasteiger partial charge is 0.560 e. The summed E-state index contributed by atoms with van der Waals surface area (Å²) >= 11 is 0. The molecule has 0 aliphatic carbocycles. The van der Waals surface area contributed by atoms with Crippen molar-refractivity contribution in [3.05, 3.63) is 121 Å². The minimum absolute atomic E-state index is 0.448. The van der Waals surface area contributed by atoms with E-state index in [2.05, 4.69) is 4.57 Å². The third-order valence-electron chi connectivity index (χ3n) is 6.65. The van der Waals surface area contributed by atoms with Crippen LogP contribution in [0.5, 0.6) is 5.75 Å². The van der Waals surface area contributed by atoms with Gasteiger partial charge in [0.15, 0.2) is 0 Å². The van der Waals surface area contributed by atoms with E-state index >= 15 is 0 Å². The molecule has 0 fully saturated rings. The van der Waals surface area contributed by atoms with E-state index in [1.165, 1.54) is 0 Å². The second kappa shape index (κ2) is 9.64. The third-order valence-corrected chi connectivity index (χ3v) is 6.65. The molecule has 0 radical (unpaired) electrons. The van der Waals surface area contributed by atoms with Crippen molar-refractivity contribution in [3.8, 4) is 22.6 Å². The highest BCUT2D eigenvalue weighted by atomic mass is 16.5. The molecule has 0 amide bonds. The Kier molecular flexibility index (Phi) is 6.02. The summed E-state index contributed by atoms with van der Waals surface area (Å²) in [5.74, 6) is 0.547. The third kappa shape index (κ3) is 4.30. The van der Waals surface area contributed by atoms with Gasteiger partial charge in [0.25, 0.3) is 0 Å². The van der Waals surface area contributed by atoms with Crippen LogP contribution in [-0.2, 0) is 0 Å². The molecule has 5 nitrogen and oxygen atoms in total. The van der Waals surface area contributed by atoms with E-state index in [4.69, 9.17) is 4.65 Å². The average Bonchev–Trinajstić information content (AvgIpc) is 3.28. The molecule has 0 unspecified atom stereocenters. The Morgan fingerprint density at radius 3 is 2.05 bits per heavy atom. The van der Waals surface area contributed by atoms with E-state index in [1.54, 1.807) is 6.07 Å². The van der Waals surface area contributed by atoms with Crippen molar-refractivity contribution in [1.29, 1.82) is 0 Å². The molecule has 5 aromatic carbocycles. The number of aromatic nitrogens is 1. The summed E-state index contributed by atoms with van der Waals surface area (Å²) in [4.78, 5) is 0. The van der Waals surface area contributed by atoms with Gasteiger partial charge in [0, 0.05) is 21.9 Å². The molecule has 0 aliphatic rings. The van der Waals surface area contributed by atoms with Gasteiger partial charge in [-0.05, 0) is 53.0 Å². The normalized spacial score (nSPS) is 11.1. The van der Waals surface area contributed by atoms with Gasteiger partial charge in [0.2, 0.25) is 0 Å². The number of hydrogen-bond donors (Lipinski definition) is 3. The number of nitrogens with zero attached hydrogens (tertiary/aromatic N) is 1. The van der Waals surface area contributed by atoms with Crippen molar-refractivity contribution in [1.82, 2.24) is 4.57 Å². The van der Waals surface area contributed by atoms with Gasteiger partial charge in [-0.25, -0.2) is 0 Å². The van der Waals surface area contributed by atoms with Gasteiger partial charge < -0.3 is 24.3 Å². The summed E-state index contributed by atoms with van der Waals surface area (Å²) in [6, 6.07) is 38.7. The van der Waals surface area contributed by atoms with Gasteiger partial charge in [-0.2, -0.15) is 0 Å². The summed E-state index contributed by atoms with van der Waals surface area (Å²) in [6.45, 7) is 0. The van der Waals surface area contributed by atoms with Crippen LogP contribution in [0.25, 0.3) is 38.6 Å². The Hall–Kier alpha value is -4.29. The molecule has 0 saturated carbocycles. The predicted octanol–water partition coefficient (Wildman–Crippen LogP) is 3.90. The molecule has 178 valence electrons. The lowest BCUT2D eigenvalue weighted by atomic mass is 9.74. The highest BCUT2D eigenvalue weighted by molar-refractivity contribution is 6.62. The first-order chi connectivity index (χ1) is 18.1. The lowest BCUT2D eigenvalue weighted by molar-refractivity contribution is 0.425. The van der Waals surface area contributed by atoms with E-state index in [9.17, 15) is 15.1 Å². The van der Waals surface area contributed by atoms with E-state index in [-0.39, 0.29) is 0 Å². The van der Waals surface area contributed by atoms with E-state index < -0.39 is 14.2 Å². The molecule has 6 rings (SSSR count). The molecule has 0 aliphatic heterocycles. The van der Waals surface area contributed by atoms with Gasteiger partial charge in [-0.15, -0.1) is 0 Å². The minimum atomic E-state index is -1.53. The van der Waals surface area contributed by atoms with E-state index in [0.29, 0.717) is 16.7 Å². The second-order valence-corrected chi connectivity index (χ2v) is 8.92. The van der Waals surface area contributed by atoms with Gasteiger partial charge in [0.1, 0.15) is 5.75 Å². The number of rotatable bonds is 6. The van der Waals surface area contributed by atoms with Crippen LogP contribution in [-0.4, -0.2) is 33.9 Å². The van der Waals surface area contributed by atoms with Crippen molar-refractivity contribution in [2.45, 2.75) is 0 Å². The Labute approximate surface area is 215 Å². The van der Waals surface area contributed by atoms with Crippen LogP contribution in [0.2, 0.25) is 0 Å². The maximum absolute atomic E-state index is 11.0. The van der Waals surface area contributed by atoms with Crippen LogP contribution < -0.4 is 15.6 Å². The summed E-state index contributed by atoms with van der Waals surface area (Å²) in [7, 11) is -2.65. The lowest BCUT2D eigenvalue weighted by Gasteiger charge is -2.15.